The van der Waals surface area contributed by atoms with Gasteiger partial charge in [0.05, 0.1) is 28.5 Å². The van der Waals surface area contributed by atoms with E-state index in [1.807, 2.05) is 0 Å². The summed E-state index contributed by atoms with van der Waals surface area (Å²) in [6, 6.07) is 2.76. The van der Waals surface area contributed by atoms with Gasteiger partial charge in [-0.05, 0) is 44.9 Å². The maximum Gasteiger partial charge on any atom is 0.445 e. The van der Waals surface area contributed by atoms with Crippen LogP contribution in [0.15, 0.2) is 22.6 Å². The molecule has 3 aromatic rings. The number of fused-ring (bicyclic) bond motifs is 1. The van der Waals surface area contributed by atoms with Gasteiger partial charge in [0.15, 0.2) is 5.01 Å². The molecule has 2 aliphatic rings. The lowest BCUT2D eigenvalue weighted by Gasteiger charge is -2.31. The van der Waals surface area contributed by atoms with Gasteiger partial charge in [-0.25, -0.2) is 23.4 Å². The lowest BCUT2D eigenvalue weighted by molar-refractivity contribution is -0.138. The fourth-order valence-corrected chi connectivity index (χ4v) is 8.24. The lowest BCUT2D eigenvalue weighted by Crippen LogP contribution is -2.40. The summed E-state index contributed by atoms with van der Waals surface area (Å²) >= 11 is 0.292. The largest absolute Gasteiger partial charge is 0.445 e. The Labute approximate surface area is 239 Å². The molecule has 2 aromatic heterocycles. The van der Waals surface area contributed by atoms with Crippen molar-refractivity contribution >= 4 is 47.9 Å². The third-order valence-corrected chi connectivity index (χ3v) is 11.9. The predicted molar refractivity (Wildman–Crippen MR) is 146 cm³/mol. The van der Waals surface area contributed by atoms with Crippen LogP contribution >= 0.6 is 11.3 Å². The number of benzene rings is 1. The number of alkyl halides is 3. The molecule has 0 radical (unpaired) electrons. The third-order valence-electron chi connectivity index (χ3n) is 7.18. The van der Waals surface area contributed by atoms with E-state index in [0.717, 1.165) is 0 Å². The Morgan fingerprint density at radius 2 is 1.85 bits per heavy atom. The topological polar surface area (TPSA) is 132 Å². The molecule has 1 fully saturated rings. The van der Waals surface area contributed by atoms with Crippen LogP contribution in [0.5, 0.6) is 0 Å². The molecule has 17 heteroatoms. The summed E-state index contributed by atoms with van der Waals surface area (Å²) in [5, 5.41) is 9.65. The first-order chi connectivity index (χ1) is 19.0. The molecule has 0 unspecified atom stereocenters. The quantitative estimate of drug-likeness (QED) is 0.391. The highest BCUT2D eigenvalue weighted by Gasteiger charge is 2.54. The number of aromatic nitrogens is 4. The first-order valence-electron chi connectivity index (χ1n) is 12.5. The molecule has 0 saturated heterocycles. The zero-order valence-corrected chi connectivity index (χ0v) is 24.9. The van der Waals surface area contributed by atoms with Crippen LogP contribution in [0.3, 0.4) is 0 Å². The maximum absolute atomic E-state index is 13.5. The molecule has 1 saturated carbocycles. The Hall–Kier alpha value is -2.91. The van der Waals surface area contributed by atoms with E-state index in [1.54, 1.807) is 27.8 Å². The molecule has 1 aliphatic carbocycles. The van der Waals surface area contributed by atoms with Gasteiger partial charge in [0.25, 0.3) is 5.66 Å². The Bertz CT molecular complexity index is 1850. The minimum absolute atomic E-state index is 0.0261. The zero-order valence-electron chi connectivity index (χ0n) is 22.4. The summed E-state index contributed by atoms with van der Waals surface area (Å²) in [6.07, 6.45) is -3.72. The summed E-state index contributed by atoms with van der Waals surface area (Å²) in [5.41, 5.74) is 1.11. The highest BCUT2D eigenvalue weighted by Crippen LogP contribution is 2.42. The molecule has 11 nitrogen and oxygen atoms in total. The summed E-state index contributed by atoms with van der Waals surface area (Å²) in [4.78, 5) is 3.23. The normalized spacial score (nSPS) is 18.3. The van der Waals surface area contributed by atoms with Gasteiger partial charge in [0, 0.05) is 31.1 Å². The molecule has 5 rings (SSSR count). The van der Waals surface area contributed by atoms with Crippen molar-refractivity contribution in [3.8, 4) is 10.7 Å². The summed E-state index contributed by atoms with van der Waals surface area (Å²) in [6.45, 7) is 12.6. The molecule has 0 amide bonds. The van der Waals surface area contributed by atoms with Crippen LogP contribution in [0.1, 0.15) is 50.6 Å². The monoisotopic (exact) mass is 629 g/mol. The van der Waals surface area contributed by atoms with Crippen LogP contribution in [-0.4, -0.2) is 65.1 Å². The smallest absolute Gasteiger partial charge is 0.292 e. The molecule has 0 bridgehead atoms. The number of nitrogens with one attached hydrogen (secondary N) is 1. The fraction of sp³-hybridized carbons (Fsp3) is 0.500. The molecular formula is C24H26F3N7O4S3. The van der Waals surface area contributed by atoms with Crippen molar-refractivity contribution in [3.63, 3.8) is 0 Å². The van der Waals surface area contributed by atoms with Gasteiger partial charge in [-0.2, -0.15) is 22.6 Å². The van der Waals surface area contributed by atoms with Gasteiger partial charge in [-0.3, -0.25) is 9.53 Å². The molecule has 220 valence electrons. The molecule has 0 atom stereocenters. The van der Waals surface area contributed by atoms with Crippen LogP contribution in [-0.2, 0) is 33.3 Å². The molecule has 41 heavy (non-hydrogen) atoms. The summed E-state index contributed by atoms with van der Waals surface area (Å²) in [7, 11) is -6.19. The van der Waals surface area contributed by atoms with Crippen LogP contribution in [0.2, 0.25) is 0 Å². The van der Waals surface area contributed by atoms with Gasteiger partial charge < -0.3 is 0 Å². The molecule has 1 aromatic carbocycles. The number of hydrogen-bond acceptors (Lipinski definition) is 8. The predicted octanol–water partition coefficient (Wildman–Crippen LogP) is 4.02. The minimum Gasteiger partial charge on any atom is -0.292 e. The Morgan fingerprint density at radius 1 is 1.17 bits per heavy atom. The Morgan fingerprint density at radius 3 is 2.39 bits per heavy atom. The number of hydrogen-bond donors (Lipinski definition) is 1. The van der Waals surface area contributed by atoms with E-state index in [1.165, 1.54) is 21.1 Å². The van der Waals surface area contributed by atoms with Crippen LogP contribution < -0.4 is 4.72 Å². The van der Waals surface area contributed by atoms with Crippen molar-refractivity contribution in [1.29, 1.82) is 0 Å². The summed E-state index contributed by atoms with van der Waals surface area (Å²) in [5.74, 6) is 0. The summed E-state index contributed by atoms with van der Waals surface area (Å²) < 4.78 is 97.8. The Balaban J connectivity index is 1.72. The second-order valence-electron chi connectivity index (χ2n) is 10.4. The lowest BCUT2D eigenvalue weighted by atomic mass is 9.93. The van der Waals surface area contributed by atoms with Crippen molar-refractivity contribution in [2.24, 2.45) is 7.05 Å². The van der Waals surface area contributed by atoms with Crippen molar-refractivity contribution in [2.75, 3.05) is 13.1 Å². The second kappa shape index (κ2) is 9.83. The Kier molecular flexibility index (Phi) is 7.09. The van der Waals surface area contributed by atoms with E-state index in [4.69, 9.17) is 6.57 Å². The van der Waals surface area contributed by atoms with E-state index in [0.29, 0.717) is 46.4 Å². The fourth-order valence-electron chi connectivity index (χ4n) is 4.80. The highest BCUT2D eigenvalue weighted by atomic mass is 32.2. The van der Waals surface area contributed by atoms with Gasteiger partial charge in [-0.15, -0.1) is 14.9 Å². The van der Waals surface area contributed by atoms with Crippen LogP contribution in [0.25, 0.3) is 32.0 Å². The van der Waals surface area contributed by atoms with Crippen molar-refractivity contribution in [3.05, 3.63) is 39.7 Å². The standard InChI is InChI=1S/C24H26F3N7O4S3/c1-13(2)41(37,38)34-9-6-16(14(3)12-34)17-10-15(40(35,36)32-23(28-4)7-8-23)11-18-19(31-33(5)20(17)18)21-29-30-22(39-21)24(25,26)27/h10-11,13,32H,6-9,12H2,1-3,5H3. The molecule has 0 spiro atoms. The van der Waals surface area contributed by atoms with Crippen LogP contribution in [0, 0.1) is 6.57 Å². The second-order valence-corrected chi connectivity index (χ2v) is 15.6. The van der Waals surface area contributed by atoms with Crippen LogP contribution in [0.4, 0.5) is 13.2 Å². The van der Waals surface area contributed by atoms with E-state index < -0.39 is 42.1 Å². The van der Waals surface area contributed by atoms with Crippen molar-refractivity contribution in [1.82, 2.24) is 29.0 Å². The molecular weight excluding hydrogens is 604 g/mol. The SMILES string of the molecule is [C-]#[N+]C1(NS(=O)(=O)c2cc(C3=C(C)CN(S(=O)(=O)C(C)C)CC3)c3c(c2)c(-c2nnc(C(F)(F)F)s2)nn3C)CC1. The molecule has 3 heterocycles. The molecule has 1 aliphatic heterocycles. The minimum atomic E-state index is -4.71. The van der Waals surface area contributed by atoms with E-state index in [2.05, 4.69) is 24.9 Å². The number of rotatable bonds is 7. The zero-order chi connectivity index (χ0) is 30.1. The van der Waals surface area contributed by atoms with E-state index in [-0.39, 0.29) is 40.5 Å². The third kappa shape index (κ3) is 5.27. The van der Waals surface area contributed by atoms with Crippen molar-refractivity contribution in [2.45, 2.75) is 62.0 Å². The van der Waals surface area contributed by atoms with Crippen molar-refractivity contribution < 1.29 is 30.0 Å². The number of halogens is 3. The van der Waals surface area contributed by atoms with Gasteiger partial charge in [0.2, 0.25) is 25.1 Å². The average Bonchev–Trinajstić information content (AvgIpc) is 3.30. The van der Waals surface area contributed by atoms with Gasteiger partial charge in [0.1, 0.15) is 5.69 Å². The first kappa shape index (κ1) is 29.6. The average molecular weight is 630 g/mol. The number of nitrogens with zero attached hydrogens (tertiary/aromatic N) is 6. The number of sulfonamides is 2. The van der Waals surface area contributed by atoms with Gasteiger partial charge in [-0.1, -0.05) is 16.9 Å². The number of aryl methyl sites for hydroxylation is 1. The first-order valence-corrected chi connectivity index (χ1v) is 16.3. The molecule has 1 N–H and O–H groups in total. The van der Waals surface area contributed by atoms with E-state index in [9.17, 15) is 30.0 Å². The van der Waals surface area contributed by atoms with E-state index >= 15 is 0 Å². The maximum atomic E-state index is 13.5. The highest BCUT2D eigenvalue weighted by molar-refractivity contribution is 7.89. The van der Waals surface area contributed by atoms with Gasteiger partial charge >= 0.3 is 6.18 Å².